The molecule has 1 heterocycles. The summed E-state index contributed by atoms with van der Waals surface area (Å²) in [4.78, 5) is 12.4. The Morgan fingerprint density at radius 1 is 1.23 bits per heavy atom. The fourth-order valence-corrected chi connectivity index (χ4v) is 2.79. The zero-order valence-electron chi connectivity index (χ0n) is 15.0. The number of nitrogens with one attached hydrogen (secondary N) is 2. The molecule has 1 aliphatic heterocycles. The van der Waals surface area contributed by atoms with Gasteiger partial charge in [-0.05, 0) is 60.3 Å². The third-order valence-electron chi connectivity index (χ3n) is 4.16. The number of anilines is 1. The lowest BCUT2D eigenvalue weighted by molar-refractivity contribution is 0.102. The van der Waals surface area contributed by atoms with Crippen molar-refractivity contribution in [3.63, 3.8) is 0 Å². The van der Waals surface area contributed by atoms with Crippen LogP contribution in [-0.4, -0.2) is 19.1 Å². The first kappa shape index (κ1) is 20.2. The molecule has 0 radical (unpaired) electrons. The van der Waals surface area contributed by atoms with Crippen molar-refractivity contribution in [2.24, 2.45) is 5.92 Å². The molecule has 0 unspecified atom stereocenters. The van der Waals surface area contributed by atoms with Gasteiger partial charge in [-0.2, -0.15) is 0 Å². The van der Waals surface area contributed by atoms with Crippen LogP contribution in [0.3, 0.4) is 0 Å². The number of ether oxygens (including phenoxy) is 1. The van der Waals surface area contributed by atoms with E-state index in [2.05, 4.69) is 24.5 Å². The summed E-state index contributed by atoms with van der Waals surface area (Å²) in [6.45, 7) is 6.19. The Bertz CT molecular complexity index is 763. The number of carbonyl (C=O) groups excluding carboxylic acids is 1. The van der Waals surface area contributed by atoms with E-state index in [0.717, 1.165) is 17.9 Å². The van der Waals surface area contributed by atoms with Crippen LogP contribution in [0.4, 0.5) is 10.1 Å². The zero-order valence-corrected chi connectivity index (χ0v) is 15.8. The number of carbonyl (C=O) groups is 1. The lowest BCUT2D eigenvalue weighted by Gasteiger charge is -2.19. The van der Waals surface area contributed by atoms with Gasteiger partial charge in [0.05, 0.1) is 12.3 Å². The summed E-state index contributed by atoms with van der Waals surface area (Å²) < 4.78 is 20.2. The fraction of sp³-hybridized carbons (Fsp3) is 0.350. The summed E-state index contributed by atoms with van der Waals surface area (Å²) in [6, 6.07) is 10.4. The van der Waals surface area contributed by atoms with Crippen molar-refractivity contribution in [1.29, 1.82) is 0 Å². The molecule has 0 bridgehead atoms. The molecular weight excluding hydrogens is 355 g/mol. The average Bonchev–Trinajstić information content (AvgIpc) is 2.63. The van der Waals surface area contributed by atoms with E-state index >= 15 is 0 Å². The molecule has 0 saturated carbocycles. The van der Waals surface area contributed by atoms with Crippen LogP contribution >= 0.6 is 12.4 Å². The Labute approximate surface area is 159 Å². The zero-order chi connectivity index (χ0) is 17.8. The second-order valence-corrected chi connectivity index (χ2v) is 6.67. The first-order valence-electron chi connectivity index (χ1n) is 8.60. The summed E-state index contributed by atoms with van der Waals surface area (Å²) in [6.07, 6.45) is 0.632. The van der Waals surface area contributed by atoms with E-state index in [4.69, 9.17) is 4.74 Å². The van der Waals surface area contributed by atoms with Crippen molar-refractivity contribution in [3.8, 4) is 5.75 Å². The molecule has 2 N–H and O–H groups in total. The Hall–Kier alpha value is -2.11. The Kier molecular flexibility index (Phi) is 7.00. The first-order chi connectivity index (χ1) is 12.0. The normalized spacial score (nSPS) is 12.9. The maximum Gasteiger partial charge on any atom is 0.255 e. The van der Waals surface area contributed by atoms with E-state index in [1.807, 2.05) is 6.07 Å². The van der Waals surface area contributed by atoms with Crippen molar-refractivity contribution in [3.05, 3.63) is 58.9 Å². The van der Waals surface area contributed by atoms with Crippen molar-refractivity contribution < 1.29 is 13.9 Å². The fourth-order valence-electron chi connectivity index (χ4n) is 2.79. The second kappa shape index (κ2) is 9.01. The highest BCUT2D eigenvalue weighted by atomic mass is 35.5. The average molecular weight is 379 g/mol. The van der Waals surface area contributed by atoms with Crippen molar-refractivity contribution >= 4 is 24.0 Å². The van der Waals surface area contributed by atoms with Crippen LogP contribution in [0.5, 0.6) is 5.75 Å². The quantitative estimate of drug-likeness (QED) is 0.820. The van der Waals surface area contributed by atoms with E-state index in [9.17, 15) is 9.18 Å². The minimum absolute atomic E-state index is 0. The summed E-state index contributed by atoms with van der Waals surface area (Å²) in [7, 11) is 0. The van der Waals surface area contributed by atoms with E-state index in [-0.39, 0.29) is 29.8 Å². The number of benzene rings is 2. The standard InChI is InChI=1S/C20H23FN2O2.ClH/c1-13(2)12-25-16-6-3-14(4-7-16)20(24)23-18-8-5-15-11-22-10-9-17(15)19(18)21;/h3-8,13,22H,9-12H2,1-2H3,(H,23,24);1H. The minimum Gasteiger partial charge on any atom is -0.493 e. The van der Waals surface area contributed by atoms with E-state index in [1.165, 1.54) is 0 Å². The summed E-state index contributed by atoms with van der Waals surface area (Å²) in [5.41, 5.74) is 2.34. The van der Waals surface area contributed by atoms with E-state index < -0.39 is 0 Å². The molecule has 0 atom stereocenters. The highest BCUT2D eigenvalue weighted by Crippen LogP contribution is 2.25. The second-order valence-electron chi connectivity index (χ2n) is 6.67. The maximum atomic E-state index is 14.6. The molecule has 1 amide bonds. The van der Waals surface area contributed by atoms with Gasteiger partial charge in [0.25, 0.3) is 5.91 Å². The third kappa shape index (κ3) is 4.74. The third-order valence-corrected chi connectivity index (χ3v) is 4.16. The number of hydrogen-bond donors (Lipinski definition) is 2. The molecule has 0 aromatic heterocycles. The molecule has 26 heavy (non-hydrogen) atoms. The van der Waals surface area contributed by atoms with Gasteiger partial charge in [-0.15, -0.1) is 12.4 Å². The predicted octanol–water partition coefficient (Wildman–Crippen LogP) is 4.18. The molecular formula is C20H24ClFN2O2. The minimum atomic E-state index is -0.330. The van der Waals surface area contributed by atoms with Gasteiger partial charge in [0.2, 0.25) is 0 Å². The number of rotatable bonds is 5. The highest BCUT2D eigenvalue weighted by Gasteiger charge is 2.18. The van der Waals surface area contributed by atoms with Crippen molar-refractivity contribution in [2.45, 2.75) is 26.8 Å². The molecule has 2 aromatic carbocycles. The van der Waals surface area contributed by atoms with Gasteiger partial charge in [0.15, 0.2) is 0 Å². The smallest absolute Gasteiger partial charge is 0.255 e. The Balaban J connectivity index is 0.00000243. The molecule has 140 valence electrons. The Morgan fingerprint density at radius 3 is 2.65 bits per heavy atom. The molecule has 0 spiro atoms. The molecule has 0 saturated heterocycles. The molecule has 0 fully saturated rings. The molecule has 3 rings (SSSR count). The summed E-state index contributed by atoms with van der Waals surface area (Å²) in [5.74, 6) is 0.496. The molecule has 4 nitrogen and oxygen atoms in total. The predicted molar refractivity (Wildman–Crippen MR) is 104 cm³/mol. The van der Waals surface area contributed by atoms with Crippen LogP contribution in [-0.2, 0) is 13.0 Å². The van der Waals surface area contributed by atoms with Gasteiger partial charge in [0, 0.05) is 12.1 Å². The topological polar surface area (TPSA) is 50.4 Å². The van der Waals surface area contributed by atoms with Gasteiger partial charge in [-0.3, -0.25) is 4.79 Å². The number of hydrogen-bond acceptors (Lipinski definition) is 3. The van der Waals surface area contributed by atoms with Crippen LogP contribution in [0.2, 0.25) is 0 Å². The molecule has 6 heteroatoms. The number of amides is 1. The largest absolute Gasteiger partial charge is 0.493 e. The van der Waals surface area contributed by atoms with Crippen LogP contribution in [0.15, 0.2) is 36.4 Å². The molecule has 0 aliphatic carbocycles. The summed E-state index contributed by atoms with van der Waals surface area (Å²) >= 11 is 0. The van der Waals surface area contributed by atoms with Crippen LogP contribution in [0.25, 0.3) is 0 Å². The monoisotopic (exact) mass is 378 g/mol. The first-order valence-corrected chi connectivity index (χ1v) is 8.60. The van der Waals surface area contributed by atoms with Gasteiger partial charge in [-0.25, -0.2) is 4.39 Å². The number of halogens is 2. The lowest BCUT2D eigenvalue weighted by atomic mass is 9.99. The van der Waals surface area contributed by atoms with Gasteiger partial charge in [0.1, 0.15) is 11.6 Å². The van der Waals surface area contributed by atoms with Gasteiger partial charge in [-0.1, -0.05) is 19.9 Å². The van der Waals surface area contributed by atoms with Crippen LogP contribution in [0, 0.1) is 11.7 Å². The lowest BCUT2D eigenvalue weighted by Crippen LogP contribution is -2.25. The van der Waals surface area contributed by atoms with Crippen molar-refractivity contribution in [2.75, 3.05) is 18.5 Å². The number of fused-ring (bicyclic) bond motifs is 1. The molecule has 1 aliphatic rings. The maximum absolute atomic E-state index is 14.6. The Morgan fingerprint density at radius 2 is 1.96 bits per heavy atom. The van der Waals surface area contributed by atoms with E-state index in [1.54, 1.807) is 30.3 Å². The summed E-state index contributed by atoms with van der Waals surface area (Å²) in [5, 5.41) is 5.88. The highest BCUT2D eigenvalue weighted by molar-refractivity contribution is 6.04. The van der Waals surface area contributed by atoms with Crippen LogP contribution < -0.4 is 15.4 Å². The van der Waals surface area contributed by atoms with Gasteiger partial charge < -0.3 is 15.4 Å². The molecule has 2 aromatic rings. The van der Waals surface area contributed by atoms with E-state index in [0.29, 0.717) is 36.6 Å². The SMILES string of the molecule is CC(C)COc1ccc(C(=O)Nc2ccc3c(c2F)CCNC3)cc1.Cl. The van der Waals surface area contributed by atoms with Crippen LogP contribution in [0.1, 0.15) is 35.3 Å². The van der Waals surface area contributed by atoms with Gasteiger partial charge >= 0.3 is 0 Å². The van der Waals surface area contributed by atoms with Crippen molar-refractivity contribution in [1.82, 2.24) is 5.32 Å².